The number of carbonyl (C=O) groups is 1. The van der Waals surface area contributed by atoms with Crippen molar-refractivity contribution in [2.75, 3.05) is 52.7 Å². The Hall–Kier alpha value is -3.07. The molecule has 0 N–H and O–H groups in total. The minimum atomic E-state index is 0.246. The Morgan fingerprint density at radius 1 is 1.00 bits per heavy atom. The van der Waals surface area contributed by atoms with Crippen LogP contribution in [-0.4, -0.2) is 68.3 Å². The molecule has 41 heavy (non-hydrogen) atoms. The van der Waals surface area contributed by atoms with Crippen molar-refractivity contribution in [1.29, 1.82) is 0 Å². The highest BCUT2D eigenvalue weighted by Gasteiger charge is 2.25. The summed E-state index contributed by atoms with van der Waals surface area (Å²) in [6, 6.07) is 9.19. The van der Waals surface area contributed by atoms with Gasteiger partial charge in [0.25, 0.3) is 0 Å². The highest BCUT2D eigenvalue weighted by atomic mass is 35.5. The van der Waals surface area contributed by atoms with Crippen LogP contribution in [0.2, 0.25) is 5.02 Å². The Labute approximate surface area is 245 Å². The summed E-state index contributed by atoms with van der Waals surface area (Å²) in [5, 5.41) is 1.24. The van der Waals surface area contributed by atoms with Crippen molar-refractivity contribution in [3.8, 4) is 28.7 Å². The van der Waals surface area contributed by atoms with Crippen LogP contribution in [0.25, 0.3) is 10.9 Å². The first-order valence-electron chi connectivity index (χ1n) is 14.8. The van der Waals surface area contributed by atoms with Gasteiger partial charge in [-0.2, -0.15) is 0 Å². The fourth-order valence-corrected chi connectivity index (χ4v) is 6.18. The molecule has 8 nitrogen and oxygen atoms in total. The fourth-order valence-electron chi connectivity index (χ4n) is 5.94. The number of morpholine rings is 1. The number of aromatic nitrogens is 1. The Kier molecular flexibility index (Phi) is 9.09. The second kappa shape index (κ2) is 13.3. The molecule has 1 aromatic heterocycles. The van der Waals surface area contributed by atoms with Crippen molar-refractivity contribution in [2.24, 2.45) is 5.92 Å². The molecule has 1 saturated carbocycles. The number of nitrogens with zero attached hydrogens (tertiary/aromatic N) is 2. The Morgan fingerprint density at radius 3 is 2.61 bits per heavy atom. The molecule has 3 heterocycles. The molecule has 0 atom stereocenters. The zero-order valence-electron chi connectivity index (χ0n) is 23.4. The minimum Gasteiger partial charge on any atom is -0.489 e. The van der Waals surface area contributed by atoms with Crippen LogP contribution < -0.4 is 18.9 Å². The SMILES string of the molecule is O=C(Cc1ccc(Oc2ccnc3cc(OCCCN4CCOCC4)c4c(c23)OCCO4)cc1Cl)CC1CCCC1. The molecule has 1 aliphatic carbocycles. The van der Waals surface area contributed by atoms with Gasteiger partial charge < -0.3 is 23.7 Å². The first kappa shape index (κ1) is 28.1. The third kappa shape index (κ3) is 6.88. The van der Waals surface area contributed by atoms with Gasteiger partial charge >= 0.3 is 0 Å². The van der Waals surface area contributed by atoms with Gasteiger partial charge in [0.05, 0.1) is 30.7 Å². The zero-order valence-corrected chi connectivity index (χ0v) is 24.1. The van der Waals surface area contributed by atoms with Crippen LogP contribution in [0.4, 0.5) is 0 Å². The van der Waals surface area contributed by atoms with Crippen molar-refractivity contribution < 1.29 is 28.5 Å². The maximum absolute atomic E-state index is 12.6. The van der Waals surface area contributed by atoms with Crippen LogP contribution in [0.1, 0.15) is 44.1 Å². The van der Waals surface area contributed by atoms with E-state index in [9.17, 15) is 4.79 Å². The standard InChI is InChI=1S/C32H37ClN2O6/c33-26-20-25(7-6-23(26)19-24(36)18-22-4-1-2-5-22)41-28-8-9-34-27-21-29(31-32(30(27)28)40-17-16-39-31)38-13-3-10-35-11-14-37-15-12-35/h6-9,20-22H,1-5,10-19H2. The van der Waals surface area contributed by atoms with Crippen LogP contribution in [0.3, 0.4) is 0 Å². The zero-order chi connectivity index (χ0) is 28.0. The van der Waals surface area contributed by atoms with E-state index in [0.717, 1.165) is 63.1 Å². The number of rotatable bonds is 11. The number of carbonyl (C=O) groups excluding carboxylic acids is 1. The van der Waals surface area contributed by atoms with E-state index < -0.39 is 0 Å². The van der Waals surface area contributed by atoms with Crippen LogP contribution >= 0.6 is 11.6 Å². The van der Waals surface area contributed by atoms with Crippen molar-refractivity contribution in [2.45, 2.75) is 44.9 Å². The predicted octanol–water partition coefficient (Wildman–Crippen LogP) is 6.24. The molecule has 0 bridgehead atoms. The van der Waals surface area contributed by atoms with Crippen LogP contribution in [0.5, 0.6) is 28.7 Å². The maximum Gasteiger partial charge on any atom is 0.204 e. The molecule has 6 rings (SSSR count). The van der Waals surface area contributed by atoms with Gasteiger partial charge in [0, 0.05) is 49.8 Å². The van der Waals surface area contributed by atoms with Gasteiger partial charge in [0.1, 0.15) is 30.5 Å². The topological polar surface area (TPSA) is 79.4 Å². The van der Waals surface area contributed by atoms with E-state index in [1.165, 1.54) is 12.8 Å². The summed E-state index contributed by atoms with van der Waals surface area (Å²) in [6.07, 6.45) is 8.38. The maximum atomic E-state index is 12.6. The van der Waals surface area contributed by atoms with Crippen molar-refractivity contribution in [1.82, 2.24) is 9.88 Å². The molecule has 0 spiro atoms. The lowest BCUT2D eigenvalue weighted by atomic mass is 9.97. The number of fused-ring (bicyclic) bond motifs is 3. The molecule has 3 aliphatic rings. The van der Waals surface area contributed by atoms with Gasteiger partial charge in [-0.3, -0.25) is 14.7 Å². The van der Waals surface area contributed by atoms with Gasteiger partial charge in [0.15, 0.2) is 11.5 Å². The minimum absolute atomic E-state index is 0.246. The van der Waals surface area contributed by atoms with E-state index in [2.05, 4.69) is 9.88 Å². The summed E-state index contributed by atoms with van der Waals surface area (Å²) in [6.45, 7) is 5.88. The predicted molar refractivity (Wildman–Crippen MR) is 157 cm³/mol. The van der Waals surface area contributed by atoms with Crippen LogP contribution in [-0.2, 0) is 16.0 Å². The number of Topliss-reactive ketones (excluding diaryl/α,β-unsaturated/α-hetero) is 1. The highest BCUT2D eigenvalue weighted by Crippen LogP contribution is 2.48. The molecule has 0 amide bonds. The smallest absolute Gasteiger partial charge is 0.204 e. The van der Waals surface area contributed by atoms with Gasteiger partial charge in [-0.15, -0.1) is 0 Å². The summed E-state index contributed by atoms with van der Waals surface area (Å²) in [5.74, 6) is 3.69. The average molecular weight is 581 g/mol. The molecular weight excluding hydrogens is 544 g/mol. The van der Waals surface area contributed by atoms with Crippen LogP contribution in [0.15, 0.2) is 36.5 Å². The fraction of sp³-hybridized carbons (Fsp3) is 0.500. The molecule has 9 heteroatoms. The summed E-state index contributed by atoms with van der Waals surface area (Å²) in [7, 11) is 0. The number of halogens is 1. The molecular formula is C32H37ClN2O6. The van der Waals surface area contributed by atoms with E-state index in [0.29, 0.717) is 77.9 Å². The molecule has 3 aromatic rings. The number of hydrogen-bond donors (Lipinski definition) is 0. The Morgan fingerprint density at radius 2 is 1.80 bits per heavy atom. The number of ketones is 1. The molecule has 2 aromatic carbocycles. The lowest BCUT2D eigenvalue weighted by molar-refractivity contribution is -0.119. The van der Waals surface area contributed by atoms with Gasteiger partial charge in [-0.25, -0.2) is 0 Å². The van der Waals surface area contributed by atoms with E-state index in [1.807, 2.05) is 18.2 Å². The number of hydrogen-bond acceptors (Lipinski definition) is 8. The first-order valence-corrected chi connectivity index (χ1v) is 15.1. The monoisotopic (exact) mass is 580 g/mol. The second-order valence-electron chi connectivity index (χ2n) is 11.0. The van der Waals surface area contributed by atoms with E-state index in [1.54, 1.807) is 18.3 Å². The lowest BCUT2D eigenvalue weighted by Crippen LogP contribution is -2.37. The highest BCUT2D eigenvalue weighted by molar-refractivity contribution is 6.31. The third-order valence-electron chi connectivity index (χ3n) is 8.05. The quantitative estimate of drug-likeness (QED) is 0.246. The van der Waals surface area contributed by atoms with Gasteiger partial charge in [-0.05, 0) is 36.1 Å². The summed E-state index contributed by atoms with van der Waals surface area (Å²) < 4.78 is 30.0. The third-order valence-corrected chi connectivity index (χ3v) is 8.41. The van der Waals surface area contributed by atoms with E-state index in [-0.39, 0.29) is 5.78 Å². The molecule has 0 unspecified atom stereocenters. The van der Waals surface area contributed by atoms with Crippen molar-refractivity contribution in [3.63, 3.8) is 0 Å². The second-order valence-corrected chi connectivity index (χ2v) is 11.4. The number of ether oxygens (including phenoxy) is 5. The van der Waals surface area contributed by atoms with Gasteiger partial charge in [0.2, 0.25) is 5.75 Å². The summed E-state index contributed by atoms with van der Waals surface area (Å²) in [4.78, 5) is 19.6. The first-order chi connectivity index (χ1) is 20.1. The Bertz CT molecular complexity index is 1370. The van der Waals surface area contributed by atoms with Crippen LogP contribution in [0, 0.1) is 5.92 Å². The average Bonchev–Trinajstić information content (AvgIpc) is 3.50. The molecule has 2 fully saturated rings. The lowest BCUT2D eigenvalue weighted by Gasteiger charge is -2.26. The van der Waals surface area contributed by atoms with Gasteiger partial charge in [-0.1, -0.05) is 43.4 Å². The van der Waals surface area contributed by atoms with Crippen molar-refractivity contribution >= 4 is 28.3 Å². The van der Waals surface area contributed by atoms with Crippen molar-refractivity contribution in [3.05, 3.63) is 47.1 Å². The summed E-state index contributed by atoms with van der Waals surface area (Å²) >= 11 is 6.61. The normalized spacial score (nSPS) is 17.6. The van der Waals surface area contributed by atoms with E-state index >= 15 is 0 Å². The largest absolute Gasteiger partial charge is 0.489 e. The van der Waals surface area contributed by atoms with E-state index in [4.69, 9.17) is 35.3 Å². The molecule has 0 radical (unpaired) electrons. The Balaban J connectivity index is 1.16. The summed E-state index contributed by atoms with van der Waals surface area (Å²) in [5.41, 5.74) is 1.52. The molecule has 2 aliphatic heterocycles. The molecule has 1 saturated heterocycles. The molecule has 218 valence electrons. The number of benzene rings is 2. The number of pyridine rings is 1.